The van der Waals surface area contributed by atoms with Gasteiger partial charge in [0.2, 0.25) is 0 Å². The summed E-state index contributed by atoms with van der Waals surface area (Å²) in [6.07, 6.45) is 0. The van der Waals surface area contributed by atoms with Crippen LogP contribution in [0, 0.1) is 10.1 Å². The van der Waals surface area contributed by atoms with E-state index in [2.05, 4.69) is 0 Å². The van der Waals surface area contributed by atoms with E-state index in [4.69, 9.17) is 59.1 Å². The number of non-ortho nitro benzene ring substituents is 1. The third-order valence-corrected chi connectivity index (χ3v) is 2.51. The van der Waals surface area contributed by atoms with Gasteiger partial charge in [0.1, 0.15) is 0 Å². The second-order valence-corrected chi connectivity index (χ2v) is 19.7. The SMILES string of the molecule is CCO.O=[N+]([O-])c1ccc(Cl)cc1.ONc1ccc(Cl)cc1.[B].[Cl][Bi]([Cl])[Cl].[H-].[K+]. The van der Waals surface area contributed by atoms with Gasteiger partial charge < -0.3 is 6.53 Å². The largest absolute Gasteiger partial charge is 1.00 e. The topological polar surface area (TPSA) is 95.6 Å². The van der Waals surface area contributed by atoms with E-state index in [0.717, 1.165) is 0 Å². The first-order valence-electron chi connectivity index (χ1n) is 6.61. The third-order valence-electron chi connectivity index (χ3n) is 2.01. The van der Waals surface area contributed by atoms with E-state index in [1.165, 1.54) is 24.3 Å². The Kier molecular flexibility index (Phi) is 32.8. The minimum absolute atomic E-state index is 0. The summed E-state index contributed by atoms with van der Waals surface area (Å²) in [5, 5.41) is 27.1. The molecule has 0 unspecified atom stereocenters. The van der Waals surface area contributed by atoms with Crippen LogP contribution in [0.5, 0.6) is 0 Å². The van der Waals surface area contributed by atoms with Crippen molar-refractivity contribution in [3.05, 3.63) is 68.7 Å². The van der Waals surface area contributed by atoms with E-state index in [-0.39, 0.29) is 73.5 Å². The van der Waals surface area contributed by atoms with Crippen LogP contribution in [0.1, 0.15) is 8.35 Å². The number of anilines is 1. The fourth-order valence-electron chi connectivity index (χ4n) is 1.09. The molecule has 0 saturated heterocycles. The molecular formula is C14H17BBiCl5KN2O4. The molecule has 2 rings (SSSR count). The Morgan fingerprint density at radius 2 is 1.32 bits per heavy atom. The number of hydrogen-bond donors (Lipinski definition) is 3. The molecule has 151 valence electrons. The summed E-state index contributed by atoms with van der Waals surface area (Å²) in [6.45, 7) is 1.93. The number of aliphatic hydroxyl groups excluding tert-OH is 1. The Labute approximate surface area is 238 Å². The Morgan fingerprint density at radius 1 is 1.04 bits per heavy atom. The molecule has 0 atom stereocenters. The van der Waals surface area contributed by atoms with Gasteiger partial charge in [0.15, 0.2) is 0 Å². The van der Waals surface area contributed by atoms with Gasteiger partial charge in [-0.1, -0.05) is 23.2 Å². The minimum atomic E-state index is -2.18. The molecular weight excluding hydrogens is 696 g/mol. The van der Waals surface area contributed by atoms with Gasteiger partial charge in [-0.3, -0.25) is 20.8 Å². The van der Waals surface area contributed by atoms with Crippen LogP contribution in [0.4, 0.5) is 11.4 Å². The number of rotatable bonds is 2. The van der Waals surface area contributed by atoms with Crippen molar-refractivity contribution in [3.8, 4) is 0 Å². The Balaban J connectivity index is -0.0000000939. The zero-order valence-electron chi connectivity index (χ0n) is 15.9. The van der Waals surface area contributed by atoms with Crippen molar-refractivity contribution >= 4 is 86.7 Å². The Morgan fingerprint density at radius 3 is 1.57 bits per heavy atom. The smallest absolute Gasteiger partial charge is 1.00 e. The second-order valence-electron chi connectivity index (χ2n) is 3.86. The van der Waals surface area contributed by atoms with Crippen molar-refractivity contribution in [3.63, 3.8) is 0 Å². The fourth-order valence-corrected chi connectivity index (χ4v) is 1.34. The van der Waals surface area contributed by atoms with E-state index in [1.54, 1.807) is 31.2 Å². The van der Waals surface area contributed by atoms with Gasteiger partial charge in [-0.05, 0) is 43.3 Å². The van der Waals surface area contributed by atoms with Crippen molar-refractivity contribution in [1.29, 1.82) is 0 Å². The molecule has 14 heteroatoms. The van der Waals surface area contributed by atoms with Crippen LogP contribution in [0.15, 0.2) is 48.5 Å². The average molecular weight is 713 g/mol. The second kappa shape index (κ2) is 24.9. The summed E-state index contributed by atoms with van der Waals surface area (Å²) in [4.78, 5) is 9.61. The molecule has 28 heavy (non-hydrogen) atoms. The van der Waals surface area contributed by atoms with Crippen LogP contribution >= 0.6 is 48.7 Å². The number of halogens is 5. The number of nitro groups is 1. The number of nitrogens with zero attached hydrogens (tertiary/aromatic N) is 1. The molecule has 0 aliphatic carbocycles. The predicted molar refractivity (Wildman–Crippen MR) is 118 cm³/mol. The van der Waals surface area contributed by atoms with E-state index in [0.29, 0.717) is 15.7 Å². The molecule has 0 spiro atoms. The maximum Gasteiger partial charge on any atom is 1.00 e. The van der Waals surface area contributed by atoms with E-state index < -0.39 is 23.1 Å². The molecule has 0 saturated carbocycles. The van der Waals surface area contributed by atoms with Crippen LogP contribution in [-0.2, 0) is 0 Å². The molecule has 0 amide bonds. The number of nitrogens with one attached hydrogen (secondary N) is 1. The monoisotopic (exact) mass is 711 g/mol. The summed E-state index contributed by atoms with van der Waals surface area (Å²) in [6, 6.07) is 12.5. The molecule has 0 fully saturated rings. The maximum atomic E-state index is 10.1. The standard InChI is InChI=1S/C6H4ClNO2.C6H6ClNO.C2H6O.B.Bi.3ClH.K.H/c7-5-1-3-6(4-2-5)8(9)10;7-5-1-3-6(8-9)4-2-5;1-2-3;;;;;;;/h1-4H;1-4,8-9H;3H,2H2,1H3;;;3*1H;;/q;;;;+3;;;;+1;-1/p-3. The molecule has 3 N–H and O–H groups in total. The first-order valence-corrected chi connectivity index (χ1v) is 20.2. The number of nitro benzene ring substituents is 1. The zero-order chi connectivity index (χ0) is 20.5. The summed E-state index contributed by atoms with van der Waals surface area (Å²) in [7, 11) is 15.0. The molecule has 0 aliphatic rings. The van der Waals surface area contributed by atoms with Gasteiger partial charge in [0.25, 0.3) is 5.69 Å². The van der Waals surface area contributed by atoms with Gasteiger partial charge in [0.05, 0.1) is 10.6 Å². The molecule has 3 radical (unpaired) electrons. The predicted octanol–water partition coefficient (Wildman–Crippen LogP) is 2.81. The van der Waals surface area contributed by atoms with E-state index in [9.17, 15) is 10.1 Å². The summed E-state index contributed by atoms with van der Waals surface area (Å²) >= 11 is 8.88. The van der Waals surface area contributed by atoms with Crippen LogP contribution in [0.2, 0.25) is 10.0 Å². The molecule has 2 aromatic rings. The molecule has 2 aromatic carbocycles. The summed E-state index contributed by atoms with van der Waals surface area (Å²) in [5.74, 6) is 0. The average Bonchev–Trinajstić information content (AvgIpc) is 2.57. The van der Waals surface area contributed by atoms with Crippen LogP contribution in [-0.4, -0.2) is 48.4 Å². The zero-order valence-corrected chi connectivity index (χ0v) is 25.3. The van der Waals surface area contributed by atoms with Gasteiger partial charge >= 0.3 is 95.1 Å². The Hall–Kier alpha value is 1.59. The number of benzene rings is 2. The third kappa shape index (κ3) is 25.6. The van der Waals surface area contributed by atoms with Crippen molar-refractivity contribution < 1.29 is 68.0 Å². The summed E-state index contributed by atoms with van der Waals surface area (Å²) in [5.41, 5.74) is 2.69. The normalized spacial score (nSPS) is 8.18. The maximum absolute atomic E-state index is 10.1. The molecule has 0 aliphatic heterocycles. The van der Waals surface area contributed by atoms with Gasteiger partial charge in [-0.25, -0.2) is 0 Å². The van der Waals surface area contributed by atoms with Crippen LogP contribution in [0.25, 0.3) is 0 Å². The quantitative estimate of drug-likeness (QED) is 0.253. The number of hydrogen-bond acceptors (Lipinski definition) is 5. The van der Waals surface area contributed by atoms with E-state index >= 15 is 0 Å². The first-order chi connectivity index (χ1) is 12.2. The van der Waals surface area contributed by atoms with Gasteiger partial charge in [0, 0.05) is 37.2 Å². The first kappa shape index (κ1) is 36.9. The molecule has 0 aromatic heterocycles. The number of aliphatic hydroxyl groups is 1. The van der Waals surface area contributed by atoms with Crippen molar-refractivity contribution in [1.82, 2.24) is 0 Å². The van der Waals surface area contributed by atoms with Gasteiger partial charge in [-0.15, -0.1) is 0 Å². The Bertz CT molecular complexity index is 619. The van der Waals surface area contributed by atoms with Crippen LogP contribution < -0.4 is 56.9 Å². The fraction of sp³-hybridized carbons (Fsp3) is 0.143. The molecule has 6 nitrogen and oxygen atoms in total. The van der Waals surface area contributed by atoms with Crippen molar-refractivity contribution in [2.75, 3.05) is 12.1 Å². The molecule has 0 heterocycles. The molecule has 0 bridgehead atoms. The summed E-state index contributed by atoms with van der Waals surface area (Å²) < 4.78 is 0. The van der Waals surface area contributed by atoms with Crippen molar-refractivity contribution in [2.45, 2.75) is 6.92 Å². The van der Waals surface area contributed by atoms with Crippen molar-refractivity contribution in [2.24, 2.45) is 0 Å². The van der Waals surface area contributed by atoms with Crippen LogP contribution in [0.3, 0.4) is 0 Å². The minimum Gasteiger partial charge on any atom is -1.00 e. The van der Waals surface area contributed by atoms with E-state index in [1.807, 2.05) is 5.48 Å². The van der Waals surface area contributed by atoms with Gasteiger partial charge in [-0.2, -0.15) is 0 Å².